The summed E-state index contributed by atoms with van der Waals surface area (Å²) in [7, 11) is 0. The van der Waals surface area contributed by atoms with Gasteiger partial charge in [-0.15, -0.1) is 0 Å². The summed E-state index contributed by atoms with van der Waals surface area (Å²) in [5.41, 5.74) is 2.46. The molecular weight excluding hydrogens is 202 g/mol. The maximum absolute atomic E-state index is 9.49. The maximum Gasteiger partial charge on any atom is 0.0642 e. The van der Waals surface area contributed by atoms with Crippen molar-refractivity contribution in [3.63, 3.8) is 0 Å². The second kappa shape index (κ2) is 5.32. The minimum Gasteiger partial charge on any atom is -0.393 e. The standard InChI is InChI=1S/C13H19NO2/c1-11(15)10-12-4-2-3-5-13(12)14-6-8-16-9-7-14/h2-5,11,15H,6-10H2,1H3. The van der Waals surface area contributed by atoms with E-state index in [0.717, 1.165) is 26.3 Å². The van der Waals surface area contributed by atoms with Crippen LogP contribution in [-0.2, 0) is 11.2 Å². The van der Waals surface area contributed by atoms with E-state index in [1.165, 1.54) is 11.3 Å². The maximum atomic E-state index is 9.49. The molecule has 0 aliphatic carbocycles. The number of nitrogens with zero attached hydrogens (tertiary/aromatic N) is 1. The highest BCUT2D eigenvalue weighted by molar-refractivity contribution is 5.54. The number of para-hydroxylation sites is 1. The summed E-state index contributed by atoms with van der Waals surface area (Å²) in [4.78, 5) is 2.33. The molecule has 1 fully saturated rings. The van der Waals surface area contributed by atoms with Crippen LogP contribution in [-0.4, -0.2) is 37.5 Å². The van der Waals surface area contributed by atoms with E-state index in [-0.39, 0.29) is 6.10 Å². The van der Waals surface area contributed by atoms with Crippen LogP contribution < -0.4 is 4.90 Å². The van der Waals surface area contributed by atoms with Gasteiger partial charge in [0.25, 0.3) is 0 Å². The average Bonchev–Trinajstić information content (AvgIpc) is 2.30. The van der Waals surface area contributed by atoms with Gasteiger partial charge in [-0.1, -0.05) is 18.2 Å². The minimum absolute atomic E-state index is 0.290. The van der Waals surface area contributed by atoms with E-state index >= 15 is 0 Å². The summed E-state index contributed by atoms with van der Waals surface area (Å²) >= 11 is 0. The third kappa shape index (κ3) is 2.74. The minimum atomic E-state index is -0.290. The van der Waals surface area contributed by atoms with Crippen LogP contribution >= 0.6 is 0 Å². The Hall–Kier alpha value is -1.06. The molecule has 16 heavy (non-hydrogen) atoms. The third-order valence-corrected chi connectivity index (χ3v) is 2.86. The predicted molar refractivity (Wildman–Crippen MR) is 64.9 cm³/mol. The van der Waals surface area contributed by atoms with Gasteiger partial charge in [-0.25, -0.2) is 0 Å². The van der Waals surface area contributed by atoms with E-state index in [0.29, 0.717) is 6.42 Å². The van der Waals surface area contributed by atoms with Crippen molar-refractivity contribution < 1.29 is 9.84 Å². The molecule has 2 rings (SSSR count). The zero-order valence-electron chi connectivity index (χ0n) is 9.72. The van der Waals surface area contributed by atoms with Gasteiger partial charge in [-0.2, -0.15) is 0 Å². The lowest BCUT2D eigenvalue weighted by molar-refractivity contribution is 0.122. The first kappa shape index (κ1) is 11.4. The molecule has 1 unspecified atom stereocenters. The van der Waals surface area contributed by atoms with Crippen molar-refractivity contribution in [2.75, 3.05) is 31.2 Å². The van der Waals surface area contributed by atoms with Crippen LogP contribution in [0.4, 0.5) is 5.69 Å². The van der Waals surface area contributed by atoms with Crippen molar-refractivity contribution in [2.24, 2.45) is 0 Å². The number of hydrogen-bond donors (Lipinski definition) is 1. The van der Waals surface area contributed by atoms with Gasteiger partial charge in [-0.3, -0.25) is 0 Å². The zero-order chi connectivity index (χ0) is 11.4. The predicted octanol–water partition coefficient (Wildman–Crippen LogP) is 1.45. The highest BCUT2D eigenvalue weighted by atomic mass is 16.5. The molecule has 0 aromatic heterocycles. The molecule has 0 amide bonds. The van der Waals surface area contributed by atoms with Crippen LogP contribution in [0.15, 0.2) is 24.3 Å². The van der Waals surface area contributed by atoms with Crippen LogP contribution in [0.1, 0.15) is 12.5 Å². The lowest BCUT2D eigenvalue weighted by Gasteiger charge is -2.30. The fraction of sp³-hybridized carbons (Fsp3) is 0.538. The number of aliphatic hydroxyl groups excluding tert-OH is 1. The number of benzene rings is 1. The molecule has 1 heterocycles. The fourth-order valence-electron chi connectivity index (χ4n) is 2.11. The molecule has 1 aromatic rings. The van der Waals surface area contributed by atoms with Gasteiger partial charge >= 0.3 is 0 Å². The lowest BCUT2D eigenvalue weighted by atomic mass is 10.1. The highest BCUT2D eigenvalue weighted by Gasteiger charge is 2.14. The quantitative estimate of drug-likeness (QED) is 0.838. The first-order valence-corrected chi connectivity index (χ1v) is 5.86. The Balaban J connectivity index is 2.17. The van der Waals surface area contributed by atoms with Crippen molar-refractivity contribution in [3.8, 4) is 0 Å². The van der Waals surface area contributed by atoms with E-state index in [4.69, 9.17) is 4.74 Å². The summed E-state index contributed by atoms with van der Waals surface area (Å²) in [6.45, 7) is 5.30. The fourth-order valence-corrected chi connectivity index (χ4v) is 2.11. The van der Waals surface area contributed by atoms with Gasteiger partial charge in [0.2, 0.25) is 0 Å². The highest BCUT2D eigenvalue weighted by Crippen LogP contribution is 2.22. The van der Waals surface area contributed by atoms with Crippen LogP contribution in [0.2, 0.25) is 0 Å². The molecule has 0 radical (unpaired) electrons. The van der Waals surface area contributed by atoms with E-state index in [1.54, 1.807) is 0 Å². The average molecular weight is 221 g/mol. The number of morpholine rings is 1. The van der Waals surface area contributed by atoms with Gasteiger partial charge in [-0.05, 0) is 18.6 Å². The Kier molecular flexibility index (Phi) is 3.80. The lowest BCUT2D eigenvalue weighted by Crippen LogP contribution is -2.36. The second-order valence-corrected chi connectivity index (χ2v) is 4.28. The molecule has 1 N–H and O–H groups in total. The van der Waals surface area contributed by atoms with Gasteiger partial charge in [0, 0.05) is 25.2 Å². The monoisotopic (exact) mass is 221 g/mol. The number of aliphatic hydroxyl groups is 1. The Morgan fingerprint density at radius 1 is 1.31 bits per heavy atom. The number of hydrogen-bond acceptors (Lipinski definition) is 3. The Labute approximate surface area is 96.6 Å². The second-order valence-electron chi connectivity index (χ2n) is 4.28. The van der Waals surface area contributed by atoms with Crippen LogP contribution in [0, 0.1) is 0 Å². The zero-order valence-corrected chi connectivity index (χ0v) is 9.72. The normalized spacial score (nSPS) is 18.5. The van der Waals surface area contributed by atoms with Gasteiger partial charge in [0.05, 0.1) is 19.3 Å². The summed E-state index contributed by atoms with van der Waals surface area (Å²) in [6.07, 6.45) is 0.426. The third-order valence-electron chi connectivity index (χ3n) is 2.86. The topological polar surface area (TPSA) is 32.7 Å². The molecule has 1 saturated heterocycles. The number of rotatable bonds is 3. The SMILES string of the molecule is CC(O)Cc1ccccc1N1CCOCC1. The summed E-state index contributed by atoms with van der Waals surface area (Å²) in [5.74, 6) is 0. The largest absolute Gasteiger partial charge is 0.393 e. The van der Waals surface area contributed by atoms with Gasteiger partial charge in [0.1, 0.15) is 0 Å². The first-order valence-electron chi connectivity index (χ1n) is 5.86. The Morgan fingerprint density at radius 3 is 2.69 bits per heavy atom. The molecule has 3 heteroatoms. The molecule has 3 nitrogen and oxygen atoms in total. The summed E-state index contributed by atoms with van der Waals surface area (Å²) in [5, 5.41) is 9.49. The molecule has 1 atom stereocenters. The molecule has 88 valence electrons. The molecule has 0 saturated carbocycles. The first-order chi connectivity index (χ1) is 7.77. The number of anilines is 1. The molecule has 1 aliphatic heterocycles. The molecule has 0 spiro atoms. The van der Waals surface area contributed by atoms with Crippen LogP contribution in [0.25, 0.3) is 0 Å². The van der Waals surface area contributed by atoms with Crippen molar-refractivity contribution in [3.05, 3.63) is 29.8 Å². The smallest absolute Gasteiger partial charge is 0.0642 e. The van der Waals surface area contributed by atoms with Crippen molar-refractivity contribution in [1.29, 1.82) is 0 Å². The Bertz CT molecular complexity index is 332. The summed E-state index contributed by atoms with van der Waals surface area (Å²) in [6, 6.07) is 8.30. The Morgan fingerprint density at radius 2 is 2.00 bits per heavy atom. The van der Waals surface area contributed by atoms with E-state index < -0.39 is 0 Å². The van der Waals surface area contributed by atoms with Crippen LogP contribution in [0.3, 0.4) is 0 Å². The van der Waals surface area contributed by atoms with E-state index in [2.05, 4.69) is 23.1 Å². The van der Waals surface area contributed by atoms with E-state index in [1.807, 2.05) is 13.0 Å². The molecule has 1 aliphatic rings. The van der Waals surface area contributed by atoms with Gasteiger partial charge < -0.3 is 14.7 Å². The van der Waals surface area contributed by atoms with Crippen molar-refractivity contribution >= 4 is 5.69 Å². The van der Waals surface area contributed by atoms with E-state index in [9.17, 15) is 5.11 Å². The number of ether oxygens (including phenoxy) is 1. The van der Waals surface area contributed by atoms with Crippen molar-refractivity contribution in [1.82, 2.24) is 0 Å². The molecule has 0 bridgehead atoms. The van der Waals surface area contributed by atoms with Crippen LogP contribution in [0.5, 0.6) is 0 Å². The van der Waals surface area contributed by atoms with Gasteiger partial charge in [0.15, 0.2) is 0 Å². The molecule has 1 aromatic carbocycles. The molecular formula is C13H19NO2. The van der Waals surface area contributed by atoms with Crippen molar-refractivity contribution in [2.45, 2.75) is 19.4 Å². The summed E-state index contributed by atoms with van der Waals surface area (Å²) < 4.78 is 5.35.